The number of carbonyl (C=O) groups excluding carboxylic acids is 1. The summed E-state index contributed by atoms with van der Waals surface area (Å²) >= 11 is 0. The van der Waals surface area contributed by atoms with E-state index in [0.29, 0.717) is 12.5 Å². The molecule has 0 spiro atoms. The highest BCUT2D eigenvalue weighted by Gasteiger charge is 2.25. The molecule has 1 saturated carbocycles. The number of nitrogens with one attached hydrogen (secondary N) is 1. The third-order valence-electron chi connectivity index (χ3n) is 6.58. The van der Waals surface area contributed by atoms with E-state index >= 15 is 0 Å². The molecule has 154 valence electrons. The molecule has 3 rings (SSSR count). The largest absolute Gasteiger partial charge is 0.356 e. The SMILES string of the molecule is CN=C(NCCC1CCCC(C)C1)N1CCN(CC(=O)N2CCCC2)CC1. The highest BCUT2D eigenvalue weighted by molar-refractivity contribution is 5.80. The van der Waals surface area contributed by atoms with Gasteiger partial charge in [0.1, 0.15) is 0 Å². The number of hydrogen-bond donors (Lipinski definition) is 1. The Balaban J connectivity index is 1.35. The number of hydrogen-bond acceptors (Lipinski definition) is 3. The number of nitrogens with zero attached hydrogens (tertiary/aromatic N) is 4. The topological polar surface area (TPSA) is 51.2 Å². The minimum Gasteiger partial charge on any atom is -0.356 e. The fraction of sp³-hybridized carbons (Fsp3) is 0.905. The minimum atomic E-state index is 0.310. The van der Waals surface area contributed by atoms with Crippen molar-refractivity contribution in [2.45, 2.75) is 51.9 Å². The zero-order valence-corrected chi connectivity index (χ0v) is 17.5. The van der Waals surface area contributed by atoms with Gasteiger partial charge in [0.15, 0.2) is 5.96 Å². The van der Waals surface area contributed by atoms with Gasteiger partial charge in [0.25, 0.3) is 0 Å². The highest BCUT2D eigenvalue weighted by atomic mass is 16.2. The maximum absolute atomic E-state index is 12.3. The maximum atomic E-state index is 12.3. The van der Waals surface area contributed by atoms with Crippen LogP contribution in [0.2, 0.25) is 0 Å². The van der Waals surface area contributed by atoms with E-state index in [4.69, 9.17) is 0 Å². The van der Waals surface area contributed by atoms with Crippen molar-refractivity contribution in [3.8, 4) is 0 Å². The van der Waals surface area contributed by atoms with Gasteiger partial charge in [0.05, 0.1) is 6.54 Å². The standard InChI is InChI=1S/C21H39N5O/c1-18-6-5-7-19(16-18)8-9-23-21(22-2)26-14-12-24(13-15-26)17-20(27)25-10-3-4-11-25/h18-19H,3-17H2,1-2H3,(H,22,23). The quantitative estimate of drug-likeness (QED) is 0.588. The van der Waals surface area contributed by atoms with Gasteiger partial charge in [-0.05, 0) is 37.5 Å². The van der Waals surface area contributed by atoms with Crippen molar-refractivity contribution in [1.29, 1.82) is 0 Å². The lowest BCUT2D eigenvalue weighted by Gasteiger charge is -2.37. The van der Waals surface area contributed by atoms with Crippen molar-refractivity contribution in [3.05, 3.63) is 0 Å². The van der Waals surface area contributed by atoms with Crippen LogP contribution in [0.25, 0.3) is 0 Å². The second-order valence-corrected chi connectivity index (χ2v) is 8.75. The van der Waals surface area contributed by atoms with Crippen molar-refractivity contribution in [2.24, 2.45) is 16.8 Å². The van der Waals surface area contributed by atoms with Crippen LogP contribution in [-0.2, 0) is 4.79 Å². The van der Waals surface area contributed by atoms with Crippen LogP contribution in [0.3, 0.4) is 0 Å². The summed E-state index contributed by atoms with van der Waals surface area (Å²) in [6.45, 7) is 9.70. The molecule has 3 fully saturated rings. The monoisotopic (exact) mass is 377 g/mol. The van der Waals surface area contributed by atoms with Gasteiger partial charge >= 0.3 is 0 Å². The fourth-order valence-corrected chi connectivity index (χ4v) is 4.92. The van der Waals surface area contributed by atoms with E-state index in [1.165, 1.54) is 44.9 Å². The molecule has 2 unspecified atom stereocenters. The van der Waals surface area contributed by atoms with E-state index in [0.717, 1.165) is 63.6 Å². The Bertz CT molecular complexity index is 495. The van der Waals surface area contributed by atoms with Crippen LogP contribution in [-0.4, -0.2) is 86.0 Å². The third kappa shape index (κ3) is 6.09. The van der Waals surface area contributed by atoms with Gasteiger partial charge < -0.3 is 15.1 Å². The van der Waals surface area contributed by atoms with Gasteiger partial charge in [-0.15, -0.1) is 0 Å². The van der Waals surface area contributed by atoms with Crippen LogP contribution in [0.1, 0.15) is 51.9 Å². The lowest BCUT2D eigenvalue weighted by molar-refractivity contribution is -0.131. The second-order valence-electron chi connectivity index (χ2n) is 8.75. The fourth-order valence-electron chi connectivity index (χ4n) is 4.92. The molecule has 0 aromatic carbocycles. The van der Waals surface area contributed by atoms with Crippen molar-refractivity contribution in [1.82, 2.24) is 20.0 Å². The third-order valence-corrected chi connectivity index (χ3v) is 6.58. The molecule has 2 heterocycles. The van der Waals surface area contributed by atoms with Crippen LogP contribution >= 0.6 is 0 Å². The number of amides is 1. The number of likely N-dealkylation sites (tertiary alicyclic amines) is 1. The van der Waals surface area contributed by atoms with Gasteiger partial charge in [-0.3, -0.25) is 14.7 Å². The normalized spacial score (nSPS) is 27.9. The summed E-state index contributed by atoms with van der Waals surface area (Å²) in [5.74, 6) is 3.13. The van der Waals surface area contributed by atoms with E-state index < -0.39 is 0 Å². The van der Waals surface area contributed by atoms with E-state index in [1.54, 1.807) is 0 Å². The Hall–Kier alpha value is -1.30. The van der Waals surface area contributed by atoms with Crippen LogP contribution < -0.4 is 5.32 Å². The number of piperazine rings is 1. The first kappa shape index (κ1) is 20.4. The molecule has 0 aromatic rings. The van der Waals surface area contributed by atoms with Crippen LogP contribution in [0.15, 0.2) is 4.99 Å². The first-order valence-corrected chi connectivity index (χ1v) is 11.1. The van der Waals surface area contributed by atoms with Crippen molar-refractivity contribution < 1.29 is 4.79 Å². The van der Waals surface area contributed by atoms with Crippen molar-refractivity contribution in [3.63, 3.8) is 0 Å². The summed E-state index contributed by atoms with van der Waals surface area (Å²) in [6.07, 6.45) is 9.20. The molecule has 0 aromatic heterocycles. The molecule has 6 heteroatoms. The maximum Gasteiger partial charge on any atom is 0.236 e. The van der Waals surface area contributed by atoms with Crippen molar-refractivity contribution in [2.75, 3.05) is 59.4 Å². The van der Waals surface area contributed by atoms with Crippen LogP contribution in [0.4, 0.5) is 0 Å². The molecular formula is C21H39N5O. The Morgan fingerprint density at radius 3 is 2.41 bits per heavy atom. The van der Waals surface area contributed by atoms with E-state index in [2.05, 4.69) is 27.0 Å². The van der Waals surface area contributed by atoms with Gasteiger partial charge in [-0.25, -0.2) is 0 Å². The van der Waals surface area contributed by atoms with Crippen molar-refractivity contribution >= 4 is 11.9 Å². The second kappa shape index (κ2) is 10.3. The van der Waals surface area contributed by atoms with Gasteiger partial charge in [-0.2, -0.15) is 0 Å². The predicted molar refractivity (Wildman–Crippen MR) is 111 cm³/mol. The predicted octanol–water partition coefficient (Wildman–Crippen LogP) is 2.02. The summed E-state index contributed by atoms with van der Waals surface area (Å²) in [5.41, 5.74) is 0. The molecule has 2 saturated heterocycles. The Morgan fingerprint density at radius 2 is 1.74 bits per heavy atom. The number of aliphatic imine (C=N–C) groups is 1. The summed E-state index contributed by atoms with van der Waals surface area (Å²) in [4.78, 5) is 23.5. The average molecular weight is 378 g/mol. The summed E-state index contributed by atoms with van der Waals surface area (Å²) < 4.78 is 0. The summed E-state index contributed by atoms with van der Waals surface area (Å²) in [7, 11) is 1.88. The Morgan fingerprint density at radius 1 is 1.00 bits per heavy atom. The number of rotatable bonds is 5. The zero-order valence-electron chi connectivity index (χ0n) is 17.5. The molecule has 2 atom stereocenters. The molecule has 1 aliphatic carbocycles. The molecule has 1 amide bonds. The lowest BCUT2D eigenvalue weighted by atomic mass is 9.81. The Labute approximate surface area is 165 Å². The molecule has 1 N–H and O–H groups in total. The molecular weight excluding hydrogens is 338 g/mol. The highest BCUT2D eigenvalue weighted by Crippen LogP contribution is 2.30. The Kier molecular flexibility index (Phi) is 7.80. The number of carbonyl (C=O) groups is 1. The molecule has 0 radical (unpaired) electrons. The molecule has 0 bridgehead atoms. The molecule has 2 aliphatic heterocycles. The zero-order chi connectivity index (χ0) is 19.1. The molecule has 27 heavy (non-hydrogen) atoms. The summed E-state index contributed by atoms with van der Waals surface area (Å²) in [6, 6.07) is 0. The van der Waals surface area contributed by atoms with Crippen LogP contribution in [0, 0.1) is 11.8 Å². The first-order valence-electron chi connectivity index (χ1n) is 11.1. The van der Waals surface area contributed by atoms with E-state index in [1.807, 2.05) is 11.9 Å². The summed E-state index contributed by atoms with van der Waals surface area (Å²) in [5, 5.41) is 3.58. The minimum absolute atomic E-state index is 0.310. The van der Waals surface area contributed by atoms with Gasteiger partial charge in [-0.1, -0.05) is 26.2 Å². The molecule has 3 aliphatic rings. The average Bonchev–Trinajstić information content (AvgIpc) is 3.21. The van der Waals surface area contributed by atoms with E-state index in [-0.39, 0.29) is 0 Å². The number of guanidine groups is 1. The smallest absolute Gasteiger partial charge is 0.236 e. The van der Waals surface area contributed by atoms with Crippen LogP contribution in [0.5, 0.6) is 0 Å². The van der Waals surface area contributed by atoms with Gasteiger partial charge in [0.2, 0.25) is 5.91 Å². The van der Waals surface area contributed by atoms with Gasteiger partial charge in [0, 0.05) is 52.9 Å². The van der Waals surface area contributed by atoms with E-state index in [9.17, 15) is 4.79 Å². The lowest BCUT2D eigenvalue weighted by Crippen LogP contribution is -2.54. The first-order chi connectivity index (χ1) is 13.2. The molecule has 6 nitrogen and oxygen atoms in total.